The van der Waals surface area contributed by atoms with Crippen molar-refractivity contribution in [3.63, 3.8) is 0 Å². The van der Waals surface area contributed by atoms with Crippen molar-refractivity contribution in [2.75, 3.05) is 18.1 Å². The third-order valence-corrected chi connectivity index (χ3v) is 2.80. The Kier molecular flexibility index (Phi) is 5.04. The fraction of sp³-hybridized carbons (Fsp3) is 0.364. The molecule has 0 atom stereocenters. The number of hydrogen-bond donors (Lipinski definition) is 1. The molecule has 0 aromatic heterocycles. The summed E-state index contributed by atoms with van der Waals surface area (Å²) in [7, 11) is 0. The molecule has 0 aliphatic rings. The minimum Gasteiger partial charge on any atom is -0.466 e. The van der Waals surface area contributed by atoms with Gasteiger partial charge in [-0.1, -0.05) is 6.07 Å². The summed E-state index contributed by atoms with van der Waals surface area (Å²) in [4.78, 5) is 11.6. The van der Waals surface area contributed by atoms with Crippen molar-refractivity contribution in [3.8, 4) is 0 Å². The molecule has 0 fully saturated rings. The highest BCUT2D eigenvalue weighted by Crippen LogP contribution is 2.20. The lowest BCUT2D eigenvalue weighted by Crippen LogP contribution is -2.01. The topological polar surface area (TPSA) is 52.3 Å². The normalized spacial score (nSPS) is 9.93. The summed E-state index contributed by atoms with van der Waals surface area (Å²) in [6.45, 7) is 1.91. The summed E-state index contributed by atoms with van der Waals surface area (Å²) in [5.41, 5.74) is 6.42. The lowest BCUT2D eigenvalue weighted by Gasteiger charge is -2.03. The molecule has 0 saturated carbocycles. The van der Waals surface area contributed by atoms with Crippen LogP contribution in [0.25, 0.3) is 0 Å². The zero-order valence-corrected chi connectivity index (χ0v) is 9.55. The Bertz CT molecular complexity index is 328. The van der Waals surface area contributed by atoms with Crippen LogP contribution in [0, 0.1) is 0 Å². The van der Waals surface area contributed by atoms with Crippen LogP contribution in [0.1, 0.15) is 13.3 Å². The minimum absolute atomic E-state index is 0.219. The second-order valence-electron chi connectivity index (χ2n) is 3.11. The Morgan fingerprint density at radius 2 is 2.33 bits per heavy atom. The molecule has 1 rings (SSSR count). The Balaban J connectivity index is 2.17. The van der Waals surface area contributed by atoms with Crippen LogP contribution in [0.3, 0.4) is 0 Å². The largest absolute Gasteiger partial charge is 0.466 e. The molecule has 82 valence electrons. The predicted octanol–water partition coefficient (Wildman–Crippen LogP) is 2.31. The van der Waals surface area contributed by atoms with Crippen molar-refractivity contribution in [2.24, 2.45) is 0 Å². The lowest BCUT2D eigenvalue weighted by molar-refractivity contribution is -0.140. The molecule has 4 heteroatoms. The summed E-state index contributed by atoms with van der Waals surface area (Å²) in [6, 6.07) is 7.76. The van der Waals surface area contributed by atoms with E-state index in [0.717, 1.165) is 22.8 Å². The van der Waals surface area contributed by atoms with Crippen LogP contribution in [0.4, 0.5) is 5.69 Å². The maximum absolute atomic E-state index is 10.5. The number of carbonyl (C=O) groups excluding carboxylic acids is 1. The summed E-state index contributed by atoms with van der Waals surface area (Å²) in [5, 5.41) is 0. The van der Waals surface area contributed by atoms with Crippen molar-refractivity contribution >= 4 is 23.4 Å². The van der Waals surface area contributed by atoms with E-state index in [0.29, 0.717) is 6.61 Å². The van der Waals surface area contributed by atoms with E-state index in [1.807, 2.05) is 24.3 Å². The molecule has 0 unspecified atom stereocenters. The van der Waals surface area contributed by atoms with Gasteiger partial charge in [-0.2, -0.15) is 0 Å². The molecule has 1 aromatic rings. The maximum Gasteiger partial charge on any atom is 0.302 e. The molecular weight excluding hydrogens is 210 g/mol. The first-order chi connectivity index (χ1) is 7.18. The van der Waals surface area contributed by atoms with Crippen LogP contribution < -0.4 is 5.73 Å². The van der Waals surface area contributed by atoms with Crippen LogP contribution in [0.5, 0.6) is 0 Å². The third kappa shape index (κ3) is 5.32. The van der Waals surface area contributed by atoms with Crippen LogP contribution in [0.15, 0.2) is 29.2 Å². The second kappa shape index (κ2) is 6.35. The average molecular weight is 225 g/mol. The molecule has 0 heterocycles. The fourth-order valence-electron chi connectivity index (χ4n) is 1.07. The first-order valence-corrected chi connectivity index (χ1v) is 5.79. The van der Waals surface area contributed by atoms with E-state index in [9.17, 15) is 4.79 Å². The van der Waals surface area contributed by atoms with E-state index in [4.69, 9.17) is 10.5 Å². The zero-order valence-electron chi connectivity index (χ0n) is 8.73. The van der Waals surface area contributed by atoms with Gasteiger partial charge in [0, 0.05) is 23.3 Å². The number of thioether (sulfide) groups is 1. The number of nitrogen functional groups attached to an aromatic ring is 1. The molecule has 0 radical (unpaired) electrons. The molecule has 15 heavy (non-hydrogen) atoms. The summed E-state index contributed by atoms with van der Waals surface area (Å²) >= 11 is 1.71. The van der Waals surface area contributed by atoms with Gasteiger partial charge >= 0.3 is 5.97 Å². The Morgan fingerprint density at radius 3 is 3.00 bits per heavy atom. The quantitative estimate of drug-likeness (QED) is 0.361. The van der Waals surface area contributed by atoms with Gasteiger partial charge in [-0.25, -0.2) is 0 Å². The van der Waals surface area contributed by atoms with E-state index >= 15 is 0 Å². The summed E-state index contributed by atoms with van der Waals surface area (Å²) in [6.07, 6.45) is 0.860. The molecule has 0 bridgehead atoms. The van der Waals surface area contributed by atoms with Crippen LogP contribution in [0.2, 0.25) is 0 Å². The van der Waals surface area contributed by atoms with Crippen LogP contribution in [-0.4, -0.2) is 18.3 Å². The number of anilines is 1. The first kappa shape index (κ1) is 11.9. The van der Waals surface area contributed by atoms with E-state index in [-0.39, 0.29) is 5.97 Å². The van der Waals surface area contributed by atoms with E-state index in [1.54, 1.807) is 11.8 Å². The van der Waals surface area contributed by atoms with Gasteiger partial charge in [-0.15, -0.1) is 11.8 Å². The average Bonchev–Trinajstić information content (AvgIpc) is 2.17. The predicted molar refractivity (Wildman–Crippen MR) is 62.8 cm³/mol. The van der Waals surface area contributed by atoms with Crippen molar-refractivity contribution in [2.45, 2.75) is 18.2 Å². The molecule has 0 spiro atoms. The highest BCUT2D eigenvalue weighted by Gasteiger charge is 1.96. The summed E-state index contributed by atoms with van der Waals surface area (Å²) < 4.78 is 4.83. The molecule has 0 saturated heterocycles. The maximum atomic E-state index is 10.5. The van der Waals surface area contributed by atoms with Crippen molar-refractivity contribution < 1.29 is 9.53 Å². The van der Waals surface area contributed by atoms with Gasteiger partial charge in [-0.05, 0) is 24.6 Å². The standard InChI is InChI=1S/C11H15NO2S/c1-9(13)14-6-3-7-15-11-5-2-4-10(12)8-11/h2,4-5,8H,3,6-7,12H2,1H3. The van der Waals surface area contributed by atoms with Gasteiger partial charge in [0.05, 0.1) is 6.61 Å². The van der Waals surface area contributed by atoms with Crippen molar-refractivity contribution in [1.29, 1.82) is 0 Å². The number of benzene rings is 1. The molecule has 0 aliphatic carbocycles. The Labute approximate surface area is 94.0 Å². The molecule has 2 N–H and O–H groups in total. The van der Waals surface area contributed by atoms with Gasteiger partial charge < -0.3 is 10.5 Å². The van der Waals surface area contributed by atoms with Crippen molar-refractivity contribution in [1.82, 2.24) is 0 Å². The Morgan fingerprint density at radius 1 is 1.53 bits per heavy atom. The van der Waals surface area contributed by atoms with Crippen LogP contribution in [-0.2, 0) is 9.53 Å². The highest BCUT2D eigenvalue weighted by molar-refractivity contribution is 7.99. The Hall–Kier alpha value is -1.16. The van der Waals surface area contributed by atoms with Crippen molar-refractivity contribution in [3.05, 3.63) is 24.3 Å². The molecular formula is C11H15NO2S. The third-order valence-electron chi connectivity index (χ3n) is 1.72. The minimum atomic E-state index is -0.219. The number of hydrogen-bond acceptors (Lipinski definition) is 4. The number of esters is 1. The fourth-order valence-corrected chi connectivity index (χ4v) is 1.96. The smallest absolute Gasteiger partial charge is 0.302 e. The van der Waals surface area contributed by atoms with E-state index in [1.165, 1.54) is 6.92 Å². The summed E-state index contributed by atoms with van der Waals surface area (Å²) in [5.74, 6) is 0.709. The SMILES string of the molecule is CC(=O)OCCCSc1cccc(N)c1. The monoisotopic (exact) mass is 225 g/mol. The molecule has 0 aliphatic heterocycles. The number of carbonyl (C=O) groups is 1. The van der Waals surface area contributed by atoms with Gasteiger partial charge in [0.1, 0.15) is 0 Å². The van der Waals surface area contributed by atoms with Gasteiger partial charge in [0.25, 0.3) is 0 Å². The zero-order chi connectivity index (χ0) is 11.1. The van der Waals surface area contributed by atoms with Gasteiger partial charge in [-0.3, -0.25) is 4.79 Å². The van der Waals surface area contributed by atoms with Gasteiger partial charge in [0.2, 0.25) is 0 Å². The first-order valence-electron chi connectivity index (χ1n) is 4.80. The van der Waals surface area contributed by atoms with E-state index < -0.39 is 0 Å². The molecule has 1 aromatic carbocycles. The number of ether oxygens (including phenoxy) is 1. The van der Waals surface area contributed by atoms with Gasteiger partial charge in [0.15, 0.2) is 0 Å². The number of nitrogens with two attached hydrogens (primary N) is 1. The number of rotatable bonds is 5. The molecule has 3 nitrogen and oxygen atoms in total. The highest BCUT2D eigenvalue weighted by atomic mass is 32.2. The lowest BCUT2D eigenvalue weighted by atomic mass is 10.3. The van der Waals surface area contributed by atoms with E-state index in [2.05, 4.69) is 0 Å². The molecule has 0 amide bonds. The van der Waals surface area contributed by atoms with Crippen LogP contribution >= 0.6 is 11.8 Å². The second-order valence-corrected chi connectivity index (χ2v) is 4.28.